The third-order valence-electron chi connectivity index (χ3n) is 3.51. The molecule has 0 aliphatic carbocycles. The maximum Gasteiger partial charge on any atom is 0.248 e. The van der Waals surface area contributed by atoms with Crippen molar-refractivity contribution in [3.8, 4) is 0 Å². The first kappa shape index (κ1) is 12.1. The van der Waals surface area contributed by atoms with Crippen LogP contribution in [0.4, 0.5) is 0 Å². The monoisotopic (exact) mass is 233 g/mol. The van der Waals surface area contributed by atoms with Crippen LogP contribution in [0.25, 0.3) is 0 Å². The smallest absolute Gasteiger partial charge is 0.248 e. The first-order chi connectivity index (χ1) is 8.16. The number of hydrogen-bond donors (Lipinski definition) is 2. The summed E-state index contributed by atoms with van der Waals surface area (Å²) in [5.41, 5.74) is 2.67. The number of carbonyl (C=O) groups is 1. The maximum absolute atomic E-state index is 11.1. The highest BCUT2D eigenvalue weighted by atomic mass is 16.3. The van der Waals surface area contributed by atoms with Gasteiger partial charge in [-0.05, 0) is 43.2 Å². The van der Waals surface area contributed by atoms with Crippen LogP contribution in [0.1, 0.15) is 24.0 Å². The third kappa shape index (κ3) is 3.07. The Kier molecular flexibility index (Phi) is 3.79. The van der Waals surface area contributed by atoms with Gasteiger partial charge in [-0.25, -0.2) is 0 Å². The van der Waals surface area contributed by atoms with E-state index in [0.29, 0.717) is 18.9 Å². The number of rotatable bonds is 3. The van der Waals surface area contributed by atoms with Crippen LogP contribution in [-0.2, 0) is 11.2 Å². The van der Waals surface area contributed by atoms with Gasteiger partial charge in [-0.1, -0.05) is 24.3 Å². The lowest BCUT2D eigenvalue weighted by Gasteiger charge is -2.26. The second kappa shape index (κ2) is 5.32. The minimum absolute atomic E-state index is 0.225. The fraction of sp³-hybridized carbons (Fsp3) is 0.500. The summed E-state index contributed by atoms with van der Waals surface area (Å²) in [6.45, 7) is 2.81. The summed E-state index contributed by atoms with van der Waals surface area (Å²) in [5.74, 6) is 0.166. The summed E-state index contributed by atoms with van der Waals surface area (Å²) in [4.78, 5) is 11.1. The summed E-state index contributed by atoms with van der Waals surface area (Å²) >= 11 is 0. The van der Waals surface area contributed by atoms with Crippen LogP contribution in [-0.4, -0.2) is 23.7 Å². The van der Waals surface area contributed by atoms with Gasteiger partial charge in [0.05, 0.1) is 0 Å². The molecule has 3 heteroatoms. The number of piperidine rings is 1. The average molecular weight is 233 g/mol. The molecule has 1 saturated heterocycles. The topological polar surface area (TPSA) is 49.3 Å². The normalized spacial score (nSPS) is 24.5. The Balaban J connectivity index is 1.87. The van der Waals surface area contributed by atoms with Crippen molar-refractivity contribution >= 4 is 5.91 Å². The lowest BCUT2D eigenvalue weighted by molar-refractivity contribution is -0.132. The largest absolute Gasteiger partial charge is 0.383 e. The summed E-state index contributed by atoms with van der Waals surface area (Å²) in [7, 11) is 0. The molecule has 1 aliphatic rings. The molecule has 1 amide bonds. The Labute approximate surface area is 102 Å². The lowest BCUT2D eigenvalue weighted by atomic mass is 9.90. The average Bonchev–Trinajstić information content (AvgIpc) is 2.32. The van der Waals surface area contributed by atoms with Gasteiger partial charge in [-0.15, -0.1) is 0 Å². The minimum Gasteiger partial charge on any atom is -0.383 e. The fourth-order valence-corrected chi connectivity index (χ4v) is 2.34. The molecule has 1 fully saturated rings. The molecule has 1 heterocycles. The van der Waals surface area contributed by atoms with E-state index in [0.717, 1.165) is 12.8 Å². The number of aryl methyl sites for hydroxylation is 2. The zero-order valence-electron chi connectivity index (χ0n) is 10.1. The Bertz CT molecular complexity index is 403. The Morgan fingerprint density at radius 1 is 1.41 bits per heavy atom. The summed E-state index contributed by atoms with van der Waals surface area (Å²) < 4.78 is 0. The van der Waals surface area contributed by atoms with E-state index in [1.807, 2.05) is 6.07 Å². The summed E-state index contributed by atoms with van der Waals surface area (Å²) in [5, 5.41) is 12.2. The molecule has 92 valence electrons. The van der Waals surface area contributed by atoms with Crippen LogP contribution in [0, 0.1) is 12.8 Å². The van der Waals surface area contributed by atoms with Crippen molar-refractivity contribution in [2.24, 2.45) is 5.92 Å². The first-order valence-electron chi connectivity index (χ1n) is 6.17. The third-order valence-corrected chi connectivity index (χ3v) is 3.51. The molecule has 3 nitrogen and oxygen atoms in total. The number of aliphatic hydroxyl groups is 1. The Morgan fingerprint density at radius 3 is 2.88 bits per heavy atom. The minimum atomic E-state index is -0.814. The van der Waals surface area contributed by atoms with E-state index in [9.17, 15) is 9.90 Å². The number of hydrogen-bond acceptors (Lipinski definition) is 2. The van der Waals surface area contributed by atoms with E-state index in [1.54, 1.807) is 0 Å². The van der Waals surface area contributed by atoms with Crippen LogP contribution in [0.3, 0.4) is 0 Å². The highest BCUT2D eigenvalue weighted by Gasteiger charge is 2.26. The molecule has 0 radical (unpaired) electrons. The van der Waals surface area contributed by atoms with Crippen molar-refractivity contribution in [1.29, 1.82) is 0 Å². The van der Waals surface area contributed by atoms with Gasteiger partial charge in [0.15, 0.2) is 0 Å². The van der Waals surface area contributed by atoms with E-state index in [4.69, 9.17) is 0 Å². The van der Waals surface area contributed by atoms with Crippen molar-refractivity contribution in [2.75, 3.05) is 6.54 Å². The van der Waals surface area contributed by atoms with E-state index >= 15 is 0 Å². The second-order valence-corrected chi connectivity index (χ2v) is 4.83. The number of benzene rings is 1. The molecule has 1 aliphatic heterocycles. The van der Waals surface area contributed by atoms with Crippen LogP contribution in [0.5, 0.6) is 0 Å². The van der Waals surface area contributed by atoms with E-state index in [1.165, 1.54) is 11.1 Å². The fourth-order valence-electron chi connectivity index (χ4n) is 2.34. The molecule has 0 aromatic heterocycles. The lowest BCUT2D eigenvalue weighted by Crippen LogP contribution is -2.44. The van der Waals surface area contributed by atoms with Crippen LogP contribution in [0.2, 0.25) is 0 Å². The first-order valence-corrected chi connectivity index (χ1v) is 6.17. The van der Waals surface area contributed by atoms with E-state index in [2.05, 4.69) is 30.4 Å². The zero-order chi connectivity index (χ0) is 12.3. The zero-order valence-corrected chi connectivity index (χ0v) is 10.1. The molecule has 0 bridgehead atoms. The molecular formula is C14H19NO2. The van der Waals surface area contributed by atoms with Gasteiger partial charge in [0.25, 0.3) is 0 Å². The molecule has 17 heavy (non-hydrogen) atoms. The highest BCUT2D eigenvalue weighted by Crippen LogP contribution is 2.19. The Morgan fingerprint density at radius 2 is 2.18 bits per heavy atom. The molecule has 2 unspecified atom stereocenters. The van der Waals surface area contributed by atoms with Gasteiger partial charge >= 0.3 is 0 Å². The Hall–Kier alpha value is -1.35. The molecule has 1 aromatic carbocycles. The van der Waals surface area contributed by atoms with Crippen LogP contribution >= 0.6 is 0 Å². The van der Waals surface area contributed by atoms with Crippen molar-refractivity contribution < 1.29 is 9.90 Å². The van der Waals surface area contributed by atoms with E-state index < -0.39 is 6.10 Å². The van der Waals surface area contributed by atoms with Crippen molar-refractivity contribution in [3.05, 3.63) is 35.4 Å². The van der Waals surface area contributed by atoms with Gasteiger partial charge in [-0.3, -0.25) is 4.79 Å². The summed E-state index contributed by atoms with van der Waals surface area (Å²) in [6, 6.07) is 8.36. The molecule has 0 spiro atoms. The molecule has 2 N–H and O–H groups in total. The number of carbonyl (C=O) groups excluding carboxylic acids is 1. The van der Waals surface area contributed by atoms with Gasteiger partial charge in [-0.2, -0.15) is 0 Å². The maximum atomic E-state index is 11.1. The quantitative estimate of drug-likeness (QED) is 0.829. The number of nitrogens with one attached hydrogen (secondary N) is 1. The van der Waals surface area contributed by atoms with Crippen molar-refractivity contribution in [1.82, 2.24) is 5.32 Å². The van der Waals surface area contributed by atoms with Gasteiger partial charge in [0.1, 0.15) is 6.10 Å². The van der Waals surface area contributed by atoms with Crippen molar-refractivity contribution in [2.45, 2.75) is 32.3 Å². The highest BCUT2D eigenvalue weighted by molar-refractivity contribution is 5.81. The van der Waals surface area contributed by atoms with Gasteiger partial charge < -0.3 is 10.4 Å². The van der Waals surface area contributed by atoms with Crippen molar-refractivity contribution in [3.63, 3.8) is 0 Å². The predicted molar refractivity (Wildman–Crippen MR) is 66.6 cm³/mol. The van der Waals surface area contributed by atoms with E-state index in [-0.39, 0.29) is 5.91 Å². The molecule has 2 rings (SSSR count). The molecular weight excluding hydrogens is 214 g/mol. The van der Waals surface area contributed by atoms with Gasteiger partial charge in [0, 0.05) is 6.54 Å². The number of amides is 1. The second-order valence-electron chi connectivity index (χ2n) is 4.83. The number of aliphatic hydroxyl groups excluding tert-OH is 1. The standard InChI is InChI=1S/C14H19NO2/c1-10-4-2-3-5-12(10)7-6-11-8-13(16)14(17)15-9-11/h2-5,11,13,16H,6-9H2,1H3,(H,15,17). The molecule has 0 saturated carbocycles. The predicted octanol–water partition coefficient (Wildman–Crippen LogP) is 1.42. The molecule has 2 atom stereocenters. The van der Waals surface area contributed by atoms with Crippen LogP contribution < -0.4 is 5.32 Å². The van der Waals surface area contributed by atoms with Gasteiger partial charge in [0.2, 0.25) is 5.91 Å². The SMILES string of the molecule is Cc1ccccc1CCC1CNC(=O)C(O)C1. The van der Waals surface area contributed by atoms with Crippen LogP contribution in [0.15, 0.2) is 24.3 Å². The summed E-state index contributed by atoms with van der Waals surface area (Å²) in [6.07, 6.45) is 1.81. The molecule has 1 aromatic rings.